The van der Waals surface area contributed by atoms with Gasteiger partial charge in [0.05, 0.1) is 7.11 Å². The lowest BCUT2D eigenvalue weighted by atomic mass is 9.92. The number of halogens is 6. The minimum atomic E-state index is -5.66. The van der Waals surface area contributed by atoms with Gasteiger partial charge in [-0.15, -0.1) is 0 Å². The number of alkyl halides is 6. The second kappa shape index (κ2) is 5.89. The molecule has 0 saturated carbocycles. The Morgan fingerprint density at radius 3 is 1.81 bits per heavy atom. The lowest BCUT2D eigenvalue weighted by Gasteiger charge is -2.36. The maximum absolute atomic E-state index is 13.9. The first-order valence-electron chi connectivity index (χ1n) is 7.68. The predicted octanol–water partition coefficient (Wildman–Crippen LogP) is 5.13. The third-order valence-electron chi connectivity index (χ3n) is 4.44. The maximum Gasteiger partial charge on any atom is 0.431 e. The number of fused-ring (bicyclic) bond motifs is 1. The van der Waals surface area contributed by atoms with Gasteiger partial charge in [-0.3, -0.25) is 0 Å². The van der Waals surface area contributed by atoms with Crippen LogP contribution in [-0.4, -0.2) is 17.6 Å². The Balaban J connectivity index is 2.50. The maximum atomic E-state index is 13.9. The predicted molar refractivity (Wildman–Crippen MR) is 90.3 cm³/mol. The summed E-state index contributed by atoms with van der Waals surface area (Å²) in [4.78, 5) is 0. The van der Waals surface area contributed by atoms with E-state index in [1.54, 1.807) is 18.2 Å². The summed E-state index contributed by atoms with van der Waals surface area (Å²) in [6.07, 6.45) is -11.3. The van der Waals surface area contributed by atoms with Crippen LogP contribution in [-0.2, 0) is 10.1 Å². The first kappa shape index (κ1) is 19.1. The van der Waals surface area contributed by atoms with E-state index in [0.29, 0.717) is 10.6 Å². The highest BCUT2D eigenvalue weighted by Gasteiger charge is 2.78. The summed E-state index contributed by atoms with van der Waals surface area (Å²) >= 11 is 0. The summed E-state index contributed by atoms with van der Waals surface area (Å²) in [6.45, 7) is 3.03. The van der Waals surface area contributed by atoms with Crippen molar-refractivity contribution in [2.75, 3.05) is 0 Å². The van der Waals surface area contributed by atoms with Crippen LogP contribution in [0, 0.1) is 0 Å². The van der Waals surface area contributed by atoms with Crippen LogP contribution in [0.2, 0.25) is 0 Å². The van der Waals surface area contributed by atoms with E-state index in [9.17, 15) is 26.3 Å². The van der Waals surface area contributed by atoms with Gasteiger partial charge in [0, 0.05) is 16.2 Å². The van der Waals surface area contributed by atoms with Crippen LogP contribution in [0.25, 0.3) is 0 Å². The standard InChI is InChI=1S/C18H15F6OP/c1-12(2)26(13-8-4-3-5-9-13)15-11-7-6-10-14(15)16(25-26,17(19,20)21)18(22,23)24/h3-11H,1-2H3. The van der Waals surface area contributed by atoms with Crippen molar-refractivity contribution in [3.63, 3.8) is 0 Å². The summed E-state index contributed by atoms with van der Waals surface area (Å²) in [5.74, 6) is 0. The molecule has 0 bridgehead atoms. The number of hydrogen-bond acceptors (Lipinski definition) is 1. The molecule has 0 aliphatic carbocycles. The fraction of sp³-hybridized carbons (Fsp3) is 0.278. The van der Waals surface area contributed by atoms with Gasteiger partial charge in [-0.25, -0.2) is 0 Å². The number of benzene rings is 2. The summed E-state index contributed by atoms with van der Waals surface area (Å²) in [5, 5.41) is 0.662. The highest BCUT2D eigenvalue weighted by molar-refractivity contribution is 7.85. The van der Waals surface area contributed by atoms with Crippen molar-refractivity contribution < 1.29 is 30.9 Å². The highest BCUT2D eigenvalue weighted by atomic mass is 31.2. The van der Waals surface area contributed by atoms with E-state index >= 15 is 0 Å². The SMILES string of the molecule is CC(C)=P1(c2ccccc2)OC(C(F)(F)F)(C(F)(F)F)c2ccccc21. The summed E-state index contributed by atoms with van der Waals surface area (Å²) in [7, 11) is -3.50. The molecular weight excluding hydrogens is 377 g/mol. The Morgan fingerprint density at radius 2 is 1.31 bits per heavy atom. The normalized spacial score (nSPS) is 22.2. The van der Waals surface area contributed by atoms with Crippen molar-refractivity contribution in [3.8, 4) is 0 Å². The molecule has 1 aliphatic heterocycles. The van der Waals surface area contributed by atoms with E-state index in [1.807, 2.05) is 0 Å². The molecule has 0 N–H and O–H groups in total. The van der Waals surface area contributed by atoms with Crippen LogP contribution in [0.3, 0.4) is 0 Å². The first-order valence-corrected chi connectivity index (χ1v) is 9.39. The molecule has 2 aromatic rings. The van der Waals surface area contributed by atoms with Crippen LogP contribution >= 0.6 is 7.11 Å². The molecule has 1 heterocycles. The Hall–Kier alpha value is -1.72. The molecule has 1 aliphatic rings. The van der Waals surface area contributed by atoms with Crippen LogP contribution in [0.5, 0.6) is 0 Å². The van der Waals surface area contributed by atoms with E-state index in [0.717, 1.165) is 6.07 Å². The van der Waals surface area contributed by atoms with Crippen LogP contribution < -0.4 is 10.6 Å². The zero-order chi connectivity index (χ0) is 19.4. The molecular formula is C18H15F6OP. The van der Waals surface area contributed by atoms with E-state index in [2.05, 4.69) is 0 Å². The van der Waals surface area contributed by atoms with Gasteiger partial charge in [0.25, 0.3) is 5.60 Å². The van der Waals surface area contributed by atoms with E-state index in [1.165, 1.54) is 44.2 Å². The zero-order valence-corrected chi connectivity index (χ0v) is 14.7. The fourth-order valence-corrected chi connectivity index (χ4v) is 7.18. The van der Waals surface area contributed by atoms with Crippen molar-refractivity contribution in [1.82, 2.24) is 0 Å². The molecule has 26 heavy (non-hydrogen) atoms. The lowest BCUT2D eigenvalue weighted by Crippen LogP contribution is -2.54. The third-order valence-corrected chi connectivity index (χ3v) is 8.35. The molecule has 1 atom stereocenters. The smallest absolute Gasteiger partial charge is 0.324 e. The third kappa shape index (κ3) is 2.37. The van der Waals surface area contributed by atoms with Gasteiger partial charge >= 0.3 is 12.4 Å². The van der Waals surface area contributed by atoms with Gasteiger partial charge in [0.1, 0.15) is 0 Å². The number of hydrogen-bond donors (Lipinski definition) is 0. The monoisotopic (exact) mass is 392 g/mol. The largest absolute Gasteiger partial charge is 0.431 e. The van der Waals surface area contributed by atoms with E-state index < -0.39 is 30.6 Å². The van der Waals surface area contributed by atoms with Gasteiger partial charge < -0.3 is 4.52 Å². The van der Waals surface area contributed by atoms with Gasteiger partial charge in [0.15, 0.2) is 0 Å². The fourth-order valence-electron chi connectivity index (χ4n) is 3.34. The molecule has 0 spiro atoms. The summed E-state index contributed by atoms with van der Waals surface area (Å²) in [5.41, 5.74) is -5.23. The Bertz CT molecular complexity index is 865. The summed E-state index contributed by atoms with van der Waals surface area (Å²) < 4.78 is 88.5. The van der Waals surface area contributed by atoms with Crippen LogP contribution in [0.1, 0.15) is 19.4 Å². The molecule has 2 aromatic carbocycles. The van der Waals surface area contributed by atoms with Gasteiger partial charge in [-0.1, -0.05) is 54.6 Å². The second-order valence-corrected chi connectivity index (χ2v) is 9.47. The Kier molecular flexibility index (Phi) is 4.32. The first-order chi connectivity index (χ1) is 12.0. The zero-order valence-electron chi connectivity index (χ0n) is 13.8. The van der Waals surface area contributed by atoms with Gasteiger partial charge in [-0.05, 0) is 19.1 Å². The molecule has 0 radical (unpaired) electrons. The van der Waals surface area contributed by atoms with Crippen molar-refractivity contribution in [2.45, 2.75) is 31.8 Å². The lowest BCUT2D eigenvalue weighted by molar-refractivity contribution is -0.361. The molecule has 0 amide bonds. The van der Waals surface area contributed by atoms with Gasteiger partial charge in [0.2, 0.25) is 0 Å². The summed E-state index contributed by atoms with van der Waals surface area (Å²) in [6, 6.07) is 12.6. The second-order valence-electron chi connectivity index (χ2n) is 6.18. The van der Waals surface area contributed by atoms with Crippen LogP contribution in [0.15, 0.2) is 54.6 Å². The molecule has 1 nitrogen and oxygen atoms in total. The van der Waals surface area contributed by atoms with Crippen molar-refractivity contribution in [2.24, 2.45) is 0 Å². The van der Waals surface area contributed by atoms with E-state index in [-0.39, 0.29) is 5.30 Å². The minimum Gasteiger partial charge on any atom is -0.324 e. The topological polar surface area (TPSA) is 9.23 Å². The van der Waals surface area contributed by atoms with Gasteiger partial charge in [-0.2, -0.15) is 26.3 Å². The molecule has 0 fully saturated rings. The Labute approximate surface area is 146 Å². The quantitative estimate of drug-likeness (QED) is 0.483. The average molecular weight is 392 g/mol. The van der Waals surface area contributed by atoms with Crippen molar-refractivity contribution in [3.05, 3.63) is 60.2 Å². The molecule has 8 heteroatoms. The average Bonchev–Trinajstić information content (AvgIpc) is 2.89. The Morgan fingerprint density at radius 1 is 0.808 bits per heavy atom. The minimum absolute atomic E-state index is 0.0409. The van der Waals surface area contributed by atoms with Crippen molar-refractivity contribution in [1.29, 1.82) is 0 Å². The molecule has 1 unspecified atom stereocenters. The van der Waals surface area contributed by atoms with Crippen molar-refractivity contribution >= 4 is 23.0 Å². The van der Waals surface area contributed by atoms with Crippen LogP contribution in [0.4, 0.5) is 26.3 Å². The molecule has 140 valence electrons. The molecule has 3 rings (SSSR count). The molecule has 0 aromatic heterocycles. The molecule has 0 saturated heterocycles. The highest BCUT2D eigenvalue weighted by Crippen LogP contribution is 2.68. The number of rotatable bonds is 1. The van der Waals surface area contributed by atoms with E-state index in [4.69, 9.17) is 4.52 Å².